The lowest BCUT2D eigenvalue weighted by molar-refractivity contribution is -0.116. The second kappa shape index (κ2) is 3.83. The maximum Gasteiger partial charge on any atom is 0.273 e. The van der Waals surface area contributed by atoms with Gasteiger partial charge in [0.25, 0.3) is 5.91 Å². The summed E-state index contributed by atoms with van der Waals surface area (Å²) in [6.07, 6.45) is 5.09. The van der Waals surface area contributed by atoms with E-state index in [-0.39, 0.29) is 5.91 Å². The zero-order valence-corrected chi connectivity index (χ0v) is 8.92. The third-order valence-electron chi connectivity index (χ3n) is 2.62. The fourth-order valence-electron chi connectivity index (χ4n) is 1.81. The standard InChI is InChI=1S/C13H9N3O/c17-13-10(8-15-16-13)7-9-3-1-5-12-11(9)4-2-6-14-12/h1-8H,(H,16,17). The molecule has 82 valence electrons. The van der Waals surface area contributed by atoms with Crippen LogP contribution in [0.15, 0.2) is 47.2 Å². The van der Waals surface area contributed by atoms with Gasteiger partial charge in [-0.25, -0.2) is 5.43 Å². The summed E-state index contributed by atoms with van der Waals surface area (Å²) in [6, 6.07) is 9.69. The molecule has 0 spiro atoms. The van der Waals surface area contributed by atoms with E-state index in [0.29, 0.717) is 5.57 Å². The largest absolute Gasteiger partial charge is 0.273 e. The quantitative estimate of drug-likeness (QED) is 0.748. The summed E-state index contributed by atoms with van der Waals surface area (Å²) in [5, 5.41) is 4.74. The van der Waals surface area contributed by atoms with E-state index in [1.807, 2.05) is 36.4 Å². The Hall–Kier alpha value is -2.49. The maximum atomic E-state index is 11.4. The summed E-state index contributed by atoms with van der Waals surface area (Å²) >= 11 is 0. The number of fused-ring (bicyclic) bond motifs is 1. The molecule has 0 radical (unpaired) electrons. The van der Waals surface area contributed by atoms with Crippen molar-refractivity contribution in [3.8, 4) is 0 Å². The number of benzene rings is 1. The Balaban J connectivity index is 2.18. The third-order valence-corrected chi connectivity index (χ3v) is 2.62. The molecular weight excluding hydrogens is 214 g/mol. The summed E-state index contributed by atoms with van der Waals surface area (Å²) in [4.78, 5) is 15.7. The Labute approximate surface area is 97.7 Å². The van der Waals surface area contributed by atoms with Crippen molar-refractivity contribution in [1.29, 1.82) is 0 Å². The van der Waals surface area contributed by atoms with E-state index in [0.717, 1.165) is 16.5 Å². The number of nitrogens with one attached hydrogen (secondary N) is 1. The zero-order valence-electron chi connectivity index (χ0n) is 8.92. The lowest BCUT2D eigenvalue weighted by atomic mass is 10.1. The van der Waals surface area contributed by atoms with E-state index < -0.39 is 0 Å². The molecule has 17 heavy (non-hydrogen) atoms. The van der Waals surface area contributed by atoms with Crippen LogP contribution in [0.25, 0.3) is 17.0 Å². The molecule has 0 atom stereocenters. The summed E-state index contributed by atoms with van der Waals surface area (Å²) in [7, 11) is 0. The molecule has 1 aromatic carbocycles. The first-order valence-corrected chi connectivity index (χ1v) is 5.23. The monoisotopic (exact) mass is 223 g/mol. The molecular formula is C13H9N3O. The van der Waals surface area contributed by atoms with Crippen LogP contribution in [0.1, 0.15) is 5.56 Å². The molecule has 2 aromatic rings. The van der Waals surface area contributed by atoms with Crippen LogP contribution in [0.3, 0.4) is 0 Å². The minimum absolute atomic E-state index is 0.175. The first-order valence-electron chi connectivity index (χ1n) is 5.23. The average molecular weight is 223 g/mol. The number of nitrogens with zero attached hydrogens (tertiary/aromatic N) is 2. The molecule has 0 saturated carbocycles. The van der Waals surface area contributed by atoms with E-state index in [1.165, 1.54) is 6.21 Å². The average Bonchev–Trinajstić information content (AvgIpc) is 2.76. The van der Waals surface area contributed by atoms with E-state index >= 15 is 0 Å². The van der Waals surface area contributed by atoms with Gasteiger partial charge in [0, 0.05) is 11.6 Å². The SMILES string of the molecule is O=C1NN=CC1=Cc1cccc2ncccc12. The van der Waals surface area contributed by atoms with Gasteiger partial charge in [0.2, 0.25) is 0 Å². The van der Waals surface area contributed by atoms with Crippen molar-refractivity contribution >= 4 is 29.1 Å². The minimum Gasteiger partial charge on any atom is -0.267 e. The fourth-order valence-corrected chi connectivity index (χ4v) is 1.81. The number of aromatic nitrogens is 1. The normalized spacial score (nSPS) is 16.7. The number of hydrogen-bond acceptors (Lipinski definition) is 3. The topological polar surface area (TPSA) is 54.4 Å². The molecule has 1 N–H and O–H groups in total. The van der Waals surface area contributed by atoms with Crippen molar-refractivity contribution in [1.82, 2.24) is 10.4 Å². The summed E-state index contributed by atoms with van der Waals surface area (Å²) < 4.78 is 0. The Morgan fingerprint density at radius 3 is 2.94 bits per heavy atom. The highest BCUT2D eigenvalue weighted by molar-refractivity contribution is 6.19. The van der Waals surface area contributed by atoms with Crippen molar-refractivity contribution in [2.75, 3.05) is 0 Å². The molecule has 1 aliphatic rings. The summed E-state index contributed by atoms with van der Waals surface area (Å²) in [5.74, 6) is -0.175. The molecule has 3 rings (SSSR count). The number of amides is 1. The highest BCUT2D eigenvalue weighted by atomic mass is 16.2. The molecule has 0 fully saturated rings. The molecule has 0 unspecified atom stereocenters. The van der Waals surface area contributed by atoms with Gasteiger partial charge in [-0.15, -0.1) is 0 Å². The molecule has 1 aromatic heterocycles. The number of pyridine rings is 1. The molecule has 4 heteroatoms. The van der Waals surface area contributed by atoms with Crippen LogP contribution < -0.4 is 5.43 Å². The van der Waals surface area contributed by atoms with E-state index in [9.17, 15) is 4.79 Å². The highest BCUT2D eigenvalue weighted by Crippen LogP contribution is 2.19. The van der Waals surface area contributed by atoms with Crippen LogP contribution in [-0.4, -0.2) is 17.1 Å². The molecule has 0 saturated heterocycles. The van der Waals surface area contributed by atoms with E-state index in [1.54, 1.807) is 6.20 Å². The number of rotatable bonds is 1. The van der Waals surface area contributed by atoms with E-state index in [4.69, 9.17) is 0 Å². The molecule has 2 heterocycles. The Kier molecular flexibility index (Phi) is 2.19. The second-order valence-electron chi connectivity index (χ2n) is 3.72. The second-order valence-corrected chi connectivity index (χ2v) is 3.72. The first kappa shape index (κ1) is 9.72. The van der Waals surface area contributed by atoms with Gasteiger partial charge in [-0.3, -0.25) is 9.78 Å². The number of hydrogen-bond donors (Lipinski definition) is 1. The minimum atomic E-state index is -0.175. The molecule has 4 nitrogen and oxygen atoms in total. The van der Waals surface area contributed by atoms with Crippen molar-refractivity contribution in [3.63, 3.8) is 0 Å². The maximum absolute atomic E-state index is 11.4. The third kappa shape index (κ3) is 1.69. The van der Waals surface area contributed by atoms with Crippen molar-refractivity contribution in [2.45, 2.75) is 0 Å². The molecule has 1 amide bonds. The van der Waals surface area contributed by atoms with Crippen LogP contribution in [-0.2, 0) is 4.79 Å². The number of carbonyl (C=O) groups excluding carboxylic acids is 1. The van der Waals surface area contributed by atoms with Gasteiger partial charge >= 0.3 is 0 Å². The van der Waals surface area contributed by atoms with Crippen LogP contribution >= 0.6 is 0 Å². The molecule has 1 aliphatic heterocycles. The molecule has 0 aliphatic carbocycles. The first-order chi connectivity index (χ1) is 8.34. The van der Waals surface area contributed by atoms with Crippen LogP contribution in [0.4, 0.5) is 0 Å². The Bertz CT molecular complexity index is 653. The fraction of sp³-hybridized carbons (Fsp3) is 0. The lowest BCUT2D eigenvalue weighted by Gasteiger charge is -2.01. The van der Waals surface area contributed by atoms with E-state index in [2.05, 4.69) is 15.5 Å². The van der Waals surface area contributed by atoms with Crippen LogP contribution in [0, 0.1) is 0 Å². The predicted octanol–water partition coefficient (Wildman–Crippen LogP) is 1.73. The predicted molar refractivity (Wildman–Crippen MR) is 66.4 cm³/mol. The van der Waals surface area contributed by atoms with Crippen LogP contribution in [0.2, 0.25) is 0 Å². The highest BCUT2D eigenvalue weighted by Gasteiger charge is 2.12. The number of carbonyl (C=O) groups is 1. The van der Waals surface area contributed by atoms with Gasteiger partial charge in [0.1, 0.15) is 0 Å². The summed E-state index contributed by atoms with van der Waals surface area (Å²) in [6.45, 7) is 0. The van der Waals surface area contributed by atoms with Gasteiger partial charge in [-0.2, -0.15) is 5.10 Å². The smallest absolute Gasteiger partial charge is 0.267 e. The van der Waals surface area contributed by atoms with Gasteiger partial charge in [-0.1, -0.05) is 18.2 Å². The Morgan fingerprint density at radius 1 is 1.18 bits per heavy atom. The van der Waals surface area contributed by atoms with Gasteiger partial charge in [0.05, 0.1) is 17.3 Å². The van der Waals surface area contributed by atoms with Crippen LogP contribution in [0.5, 0.6) is 0 Å². The van der Waals surface area contributed by atoms with Crippen molar-refractivity contribution in [3.05, 3.63) is 47.7 Å². The van der Waals surface area contributed by atoms with Crippen molar-refractivity contribution in [2.24, 2.45) is 5.10 Å². The lowest BCUT2D eigenvalue weighted by Crippen LogP contribution is -2.11. The zero-order chi connectivity index (χ0) is 11.7. The molecule has 0 bridgehead atoms. The van der Waals surface area contributed by atoms with Gasteiger partial charge < -0.3 is 0 Å². The Morgan fingerprint density at radius 2 is 2.12 bits per heavy atom. The summed E-state index contributed by atoms with van der Waals surface area (Å²) in [5.41, 5.74) is 4.82. The van der Waals surface area contributed by atoms with Crippen molar-refractivity contribution < 1.29 is 4.79 Å². The van der Waals surface area contributed by atoms with Gasteiger partial charge in [-0.05, 0) is 23.8 Å². The number of hydrazone groups is 1. The van der Waals surface area contributed by atoms with Gasteiger partial charge in [0.15, 0.2) is 0 Å².